The summed E-state index contributed by atoms with van der Waals surface area (Å²) in [7, 11) is 2.07. The third-order valence-corrected chi connectivity index (χ3v) is 1.08. The Balaban J connectivity index is 3.53. The molecule has 0 N–H and O–H groups in total. The number of nitrogens with zero attached hydrogens (tertiary/aromatic N) is 1. The Labute approximate surface area is 64.0 Å². The van der Waals surface area contributed by atoms with Crippen molar-refractivity contribution < 1.29 is 0 Å². The maximum atomic E-state index is 3.83. The van der Waals surface area contributed by atoms with Crippen LogP contribution in [-0.4, -0.2) is 25.0 Å². The summed E-state index contributed by atoms with van der Waals surface area (Å²) in [4.78, 5) is 2.20. The molecule has 0 amide bonds. The average molecular weight is 139 g/mol. The largest absolute Gasteiger partial charge is 0.299 e. The lowest BCUT2D eigenvalue weighted by Crippen LogP contribution is -2.21. The van der Waals surface area contributed by atoms with Gasteiger partial charge >= 0.3 is 0 Å². The van der Waals surface area contributed by atoms with E-state index in [-0.39, 0.29) is 0 Å². The Morgan fingerprint density at radius 3 is 1.60 bits per heavy atom. The minimum absolute atomic E-state index is 0.965. The zero-order valence-corrected chi connectivity index (χ0v) is 7.28. The van der Waals surface area contributed by atoms with E-state index in [1.807, 2.05) is 13.8 Å². The van der Waals surface area contributed by atoms with Crippen molar-refractivity contribution in [2.45, 2.75) is 13.8 Å². The van der Waals surface area contributed by atoms with Crippen LogP contribution in [0.2, 0.25) is 0 Å². The first kappa shape index (κ1) is 9.44. The van der Waals surface area contributed by atoms with E-state index < -0.39 is 0 Å². The molecular weight excluding hydrogens is 122 g/mol. The summed E-state index contributed by atoms with van der Waals surface area (Å²) in [5.74, 6) is 0. The lowest BCUT2D eigenvalue weighted by atomic mass is 10.3. The highest BCUT2D eigenvalue weighted by Gasteiger charge is 1.96. The molecule has 0 atom stereocenters. The van der Waals surface area contributed by atoms with E-state index in [9.17, 15) is 0 Å². The Morgan fingerprint density at radius 1 is 1.10 bits per heavy atom. The molecule has 0 bridgehead atoms. The molecule has 10 heavy (non-hydrogen) atoms. The van der Waals surface area contributed by atoms with Gasteiger partial charge in [0.25, 0.3) is 0 Å². The molecule has 0 unspecified atom stereocenters. The first-order chi connectivity index (χ1) is 4.52. The third-order valence-electron chi connectivity index (χ3n) is 1.08. The Hall–Kier alpha value is -0.560. The van der Waals surface area contributed by atoms with Crippen LogP contribution in [0.5, 0.6) is 0 Å². The molecule has 0 aliphatic carbocycles. The topological polar surface area (TPSA) is 3.24 Å². The quantitative estimate of drug-likeness (QED) is 0.539. The van der Waals surface area contributed by atoms with Gasteiger partial charge in [-0.3, -0.25) is 4.90 Å². The van der Waals surface area contributed by atoms with Gasteiger partial charge in [0.1, 0.15) is 0 Å². The normalized spacial score (nSPS) is 10.0. The predicted molar refractivity (Wildman–Crippen MR) is 47.1 cm³/mol. The van der Waals surface area contributed by atoms with E-state index in [1.54, 1.807) is 0 Å². The van der Waals surface area contributed by atoms with Crippen LogP contribution in [-0.2, 0) is 0 Å². The standard InChI is InChI=1S/C9H17N/c1-8(2)6-10(5)7-9(3)4/h1,3,6-7H2,2,4-5H3. The van der Waals surface area contributed by atoms with Gasteiger partial charge < -0.3 is 0 Å². The molecule has 0 heterocycles. The molecular formula is C9H17N. The summed E-state index contributed by atoms with van der Waals surface area (Å²) in [5.41, 5.74) is 2.40. The summed E-state index contributed by atoms with van der Waals surface area (Å²) in [6, 6.07) is 0. The molecule has 0 rings (SSSR count). The smallest absolute Gasteiger partial charge is 0.0187 e. The second-order valence-electron chi connectivity index (χ2n) is 3.09. The van der Waals surface area contributed by atoms with Crippen molar-refractivity contribution >= 4 is 0 Å². The van der Waals surface area contributed by atoms with E-state index in [0.717, 1.165) is 13.1 Å². The molecule has 0 saturated carbocycles. The van der Waals surface area contributed by atoms with Crippen LogP contribution in [0.15, 0.2) is 24.3 Å². The first-order valence-corrected chi connectivity index (χ1v) is 3.49. The summed E-state index contributed by atoms with van der Waals surface area (Å²) >= 11 is 0. The molecule has 0 aliphatic heterocycles. The van der Waals surface area contributed by atoms with E-state index in [1.165, 1.54) is 11.1 Å². The van der Waals surface area contributed by atoms with Gasteiger partial charge in [-0.2, -0.15) is 0 Å². The molecule has 0 spiro atoms. The van der Waals surface area contributed by atoms with Gasteiger partial charge in [-0.15, -0.1) is 0 Å². The lowest BCUT2D eigenvalue weighted by Gasteiger charge is -2.15. The summed E-state index contributed by atoms with van der Waals surface area (Å²) < 4.78 is 0. The maximum Gasteiger partial charge on any atom is 0.0187 e. The molecule has 0 aromatic carbocycles. The molecule has 58 valence electrons. The zero-order chi connectivity index (χ0) is 8.15. The van der Waals surface area contributed by atoms with Crippen LogP contribution < -0.4 is 0 Å². The zero-order valence-electron chi connectivity index (χ0n) is 7.28. The van der Waals surface area contributed by atoms with E-state index in [2.05, 4.69) is 25.1 Å². The third kappa shape index (κ3) is 5.57. The van der Waals surface area contributed by atoms with Crippen molar-refractivity contribution in [1.29, 1.82) is 0 Å². The van der Waals surface area contributed by atoms with Gasteiger partial charge in [-0.25, -0.2) is 0 Å². The average Bonchev–Trinajstić information content (AvgIpc) is 1.58. The fraction of sp³-hybridized carbons (Fsp3) is 0.556. The summed E-state index contributed by atoms with van der Waals surface area (Å²) in [6.45, 7) is 13.7. The highest BCUT2D eigenvalue weighted by Crippen LogP contribution is 1.95. The van der Waals surface area contributed by atoms with Crippen molar-refractivity contribution in [3.8, 4) is 0 Å². The Bertz CT molecular complexity index is 120. The highest BCUT2D eigenvalue weighted by molar-refractivity contribution is 4.96. The molecule has 0 aromatic heterocycles. The van der Waals surface area contributed by atoms with Gasteiger partial charge in [0.15, 0.2) is 0 Å². The summed E-state index contributed by atoms with van der Waals surface area (Å²) in [5, 5.41) is 0. The molecule has 1 heteroatoms. The highest BCUT2D eigenvalue weighted by atomic mass is 15.1. The minimum Gasteiger partial charge on any atom is -0.299 e. The predicted octanol–water partition coefficient (Wildman–Crippen LogP) is 2.07. The first-order valence-electron chi connectivity index (χ1n) is 3.49. The number of likely N-dealkylation sites (N-methyl/N-ethyl adjacent to an activating group) is 1. The molecule has 0 fully saturated rings. The van der Waals surface area contributed by atoms with Crippen molar-refractivity contribution in [2.75, 3.05) is 20.1 Å². The van der Waals surface area contributed by atoms with E-state index >= 15 is 0 Å². The van der Waals surface area contributed by atoms with Crippen LogP contribution in [0.3, 0.4) is 0 Å². The molecule has 0 radical (unpaired) electrons. The maximum absolute atomic E-state index is 3.83. The molecule has 0 saturated heterocycles. The second-order valence-corrected chi connectivity index (χ2v) is 3.09. The van der Waals surface area contributed by atoms with Crippen LogP contribution in [0.25, 0.3) is 0 Å². The monoisotopic (exact) mass is 139 g/mol. The lowest BCUT2D eigenvalue weighted by molar-refractivity contribution is 0.394. The van der Waals surface area contributed by atoms with Gasteiger partial charge in [0.2, 0.25) is 0 Å². The molecule has 0 aliphatic rings. The Morgan fingerprint density at radius 2 is 1.40 bits per heavy atom. The van der Waals surface area contributed by atoms with Crippen molar-refractivity contribution in [1.82, 2.24) is 4.90 Å². The second kappa shape index (κ2) is 4.29. The van der Waals surface area contributed by atoms with Crippen LogP contribution in [0, 0.1) is 0 Å². The fourth-order valence-electron chi connectivity index (χ4n) is 0.977. The van der Waals surface area contributed by atoms with Gasteiger partial charge in [-0.1, -0.05) is 24.3 Å². The number of hydrogen-bond acceptors (Lipinski definition) is 1. The van der Waals surface area contributed by atoms with E-state index in [4.69, 9.17) is 0 Å². The summed E-state index contributed by atoms with van der Waals surface area (Å²) in [6.07, 6.45) is 0. The Kier molecular flexibility index (Phi) is 4.05. The molecule has 0 aromatic rings. The van der Waals surface area contributed by atoms with Crippen LogP contribution in [0.1, 0.15) is 13.8 Å². The molecule has 1 nitrogen and oxygen atoms in total. The number of rotatable bonds is 4. The van der Waals surface area contributed by atoms with Crippen LogP contribution in [0.4, 0.5) is 0 Å². The van der Waals surface area contributed by atoms with Gasteiger partial charge in [-0.05, 0) is 20.9 Å². The van der Waals surface area contributed by atoms with Gasteiger partial charge in [0.05, 0.1) is 0 Å². The van der Waals surface area contributed by atoms with Crippen LogP contribution >= 0.6 is 0 Å². The fourth-order valence-corrected chi connectivity index (χ4v) is 0.977. The van der Waals surface area contributed by atoms with Gasteiger partial charge in [0, 0.05) is 13.1 Å². The van der Waals surface area contributed by atoms with Crippen molar-refractivity contribution in [3.05, 3.63) is 24.3 Å². The minimum atomic E-state index is 0.965. The van der Waals surface area contributed by atoms with E-state index in [0.29, 0.717) is 0 Å². The number of hydrogen-bond donors (Lipinski definition) is 0. The van der Waals surface area contributed by atoms with Crippen molar-refractivity contribution in [2.24, 2.45) is 0 Å². The van der Waals surface area contributed by atoms with Crippen molar-refractivity contribution in [3.63, 3.8) is 0 Å². The SMILES string of the molecule is C=C(C)CN(C)CC(=C)C.